The minimum absolute atomic E-state index is 0.0972. The van der Waals surface area contributed by atoms with E-state index in [1.165, 1.54) is 0 Å². The predicted octanol–water partition coefficient (Wildman–Crippen LogP) is 3.49. The van der Waals surface area contributed by atoms with Crippen molar-refractivity contribution in [3.8, 4) is 0 Å². The van der Waals surface area contributed by atoms with E-state index in [2.05, 4.69) is 18.1 Å². The minimum Gasteiger partial charge on any atom is -0.463 e. The Morgan fingerprint density at radius 1 is 1.55 bits per heavy atom. The summed E-state index contributed by atoms with van der Waals surface area (Å²) in [7, 11) is 0. The fourth-order valence-electron chi connectivity index (χ4n) is 1.52. The second kappa shape index (κ2) is 8.51. The molecule has 1 aromatic rings. The molecule has 0 radical (unpaired) electrons. The van der Waals surface area contributed by atoms with Crippen molar-refractivity contribution in [3.63, 3.8) is 0 Å². The van der Waals surface area contributed by atoms with Gasteiger partial charge in [0.25, 0.3) is 0 Å². The standard InChI is InChI=1S/C15H18ClNO3/c1-4-6-13(12-7-8-14(16)17-9-12)20-10-11(3)15(18)19-5-2/h4,7-9,13H,1,3,5-6,10H2,2H3. The number of pyridine rings is 1. The summed E-state index contributed by atoms with van der Waals surface area (Å²) in [6, 6.07) is 3.52. The molecule has 0 aliphatic heterocycles. The van der Waals surface area contributed by atoms with Crippen LogP contribution in [0.15, 0.2) is 43.1 Å². The van der Waals surface area contributed by atoms with Gasteiger partial charge in [-0.25, -0.2) is 9.78 Å². The van der Waals surface area contributed by atoms with Crippen LogP contribution in [0.25, 0.3) is 0 Å². The first-order chi connectivity index (χ1) is 9.58. The highest BCUT2D eigenvalue weighted by atomic mass is 35.5. The number of nitrogens with zero attached hydrogens (tertiary/aromatic N) is 1. The first kappa shape index (κ1) is 16.4. The summed E-state index contributed by atoms with van der Waals surface area (Å²) < 4.78 is 10.5. The molecule has 4 nitrogen and oxygen atoms in total. The van der Waals surface area contributed by atoms with Crippen LogP contribution in [0.3, 0.4) is 0 Å². The van der Waals surface area contributed by atoms with Crippen molar-refractivity contribution in [2.24, 2.45) is 0 Å². The van der Waals surface area contributed by atoms with Gasteiger partial charge in [0.2, 0.25) is 0 Å². The van der Waals surface area contributed by atoms with Gasteiger partial charge in [0.05, 0.1) is 24.9 Å². The van der Waals surface area contributed by atoms with E-state index in [9.17, 15) is 4.79 Å². The average Bonchev–Trinajstić information content (AvgIpc) is 2.44. The zero-order chi connectivity index (χ0) is 15.0. The van der Waals surface area contributed by atoms with Crippen LogP contribution in [0, 0.1) is 0 Å². The van der Waals surface area contributed by atoms with Gasteiger partial charge < -0.3 is 9.47 Å². The quantitative estimate of drug-likeness (QED) is 0.319. The van der Waals surface area contributed by atoms with Gasteiger partial charge in [-0.3, -0.25) is 0 Å². The molecule has 0 fully saturated rings. The first-order valence-corrected chi connectivity index (χ1v) is 6.65. The molecule has 0 aliphatic rings. The zero-order valence-corrected chi connectivity index (χ0v) is 12.2. The highest BCUT2D eigenvalue weighted by Crippen LogP contribution is 2.22. The van der Waals surface area contributed by atoms with Crippen LogP contribution in [0.4, 0.5) is 0 Å². The lowest BCUT2D eigenvalue weighted by atomic mass is 10.1. The maximum atomic E-state index is 11.4. The third kappa shape index (κ3) is 5.15. The molecule has 0 saturated heterocycles. The van der Waals surface area contributed by atoms with Crippen LogP contribution in [0.2, 0.25) is 5.15 Å². The Hall–Kier alpha value is -1.65. The van der Waals surface area contributed by atoms with Gasteiger partial charge in [-0.05, 0) is 25.0 Å². The van der Waals surface area contributed by atoms with E-state index in [-0.39, 0.29) is 18.3 Å². The maximum Gasteiger partial charge on any atom is 0.335 e. The molecule has 0 bridgehead atoms. The van der Waals surface area contributed by atoms with Crippen molar-refractivity contribution in [2.45, 2.75) is 19.4 Å². The Kier molecular flexibility index (Phi) is 6.98. The van der Waals surface area contributed by atoms with Crippen molar-refractivity contribution < 1.29 is 14.3 Å². The normalized spacial score (nSPS) is 11.7. The van der Waals surface area contributed by atoms with Gasteiger partial charge >= 0.3 is 5.97 Å². The highest BCUT2D eigenvalue weighted by Gasteiger charge is 2.14. The van der Waals surface area contributed by atoms with Crippen molar-refractivity contribution in [3.05, 3.63) is 53.9 Å². The highest BCUT2D eigenvalue weighted by molar-refractivity contribution is 6.29. The molecule has 0 amide bonds. The van der Waals surface area contributed by atoms with Gasteiger partial charge in [-0.1, -0.05) is 30.3 Å². The Morgan fingerprint density at radius 2 is 2.30 bits per heavy atom. The fraction of sp³-hybridized carbons (Fsp3) is 0.333. The molecule has 0 N–H and O–H groups in total. The smallest absolute Gasteiger partial charge is 0.335 e. The molecule has 5 heteroatoms. The molecule has 0 aromatic carbocycles. The number of carbonyl (C=O) groups excluding carboxylic acids is 1. The lowest BCUT2D eigenvalue weighted by molar-refractivity contribution is -0.139. The lowest BCUT2D eigenvalue weighted by Gasteiger charge is -2.17. The van der Waals surface area contributed by atoms with E-state index < -0.39 is 5.97 Å². The fourth-order valence-corrected chi connectivity index (χ4v) is 1.63. The predicted molar refractivity (Wildman–Crippen MR) is 78.5 cm³/mol. The molecule has 1 aromatic heterocycles. The third-order valence-electron chi connectivity index (χ3n) is 2.53. The van der Waals surface area contributed by atoms with Crippen LogP contribution in [0.1, 0.15) is 25.0 Å². The van der Waals surface area contributed by atoms with E-state index >= 15 is 0 Å². The van der Waals surface area contributed by atoms with Crippen LogP contribution in [-0.4, -0.2) is 24.2 Å². The summed E-state index contributed by atoms with van der Waals surface area (Å²) in [6.45, 7) is 9.50. The number of hydrogen-bond acceptors (Lipinski definition) is 4. The molecule has 108 valence electrons. The largest absolute Gasteiger partial charge is 0.463 e. The van der Waals surface area contributed by atoms with E-state index in [0.29, 0.717) is 18.2 Å². The van der Waals surface area contributed by atoms with E-state index in [4.69, 9.17) is 21.1 Å². The minimum atomic E-state index is -0.445. The molecule has 0 aliphatic carbocycles. The van der Waals surface area contributed by atoms with Crippen LogP contribution in [0.5, 0.6) is 0 Å². The Labute approximate surface area is 124 Å². The number of aromatic nitrogens is 1. The SMILES string of the molecule is C=CCC(OCC(=C)C(=O)OCC)c1ccc(Cl)nc1. The second-order valence-corrected chi connectivity index (χ2v) is 4.45. The summed E-state index contributed by atoms with van der Waals surface area (Å²) in [5.41, 5.74) is 1.15. The van der Waals surface area contributed by atoms with Crippen molar-refractivity contribution in [1.29, 1.82) is 0 Å². The number of carbonyl (C=O) groups is 1. The van der Waals surface area contributed by atoms with Crippen LogP contribution in [-0.2, 0) is 14.3 Å². The van der Waals surface area contributed by atoms with Crippen LogP contribution >= 0.6 is 11.6 Å². The molecule has 0 saturated carbocycles. The Balaban J connectivity index is 2.64. The van der Waals surface area contributed by atoms with Crippen molar-refractivity contribution in [2.75, 3.05) is 13.2 Å². The number of ether oxygens (including phenoxy) is 2. The van der Waals surface area contributed by atoms with Gasteiger partial charge in [0.15, 0.2) is 0 Å². The molecular weight excluding hydrogens is 278 g/mol. The summed E-state index contributed by atoms with van der Waals surface area (Å²) in [6.07, 6.45) is 3.73. The summed E-state index contributed by atoms with van der Waals surface area (Å²) in [4.78, 5) is 15.5. The number of hydrogen-bond donors (Lipinski definition) is 0. The third-order valence-corrected chi connectivity index (χ3v) is 2.75. The summed E-state index contributed by atoms with van der Waals surface area (Å²) in [5.74, 6) is -0.445. The molecular formula is C15H18ClNO3. The number of halogens is 1. The van der Waals surface area contributed by atoms with Crippen molar-refractivity contribution in [1.82, 2.24) is 4.98 Å². The molecule has 1 rings (SSSR count). The lowest BCUT2D eigenvalue weighted by Crippen LogP contribution is -2.14. The Bertz CT molecular complexity index is 471. The van der Waals surface area contributed by atoms with Gasteiger partial charge in [-0.15, -0.1) is 6.58 Å². The Morgan fingerprint density at radius 3 is 2.85 bits per heavy atom. The molecule has 1 unspecified atom stereocenters. The van der Waals surface area contributed by atoms with E-state index in [0.717, 1.165) is 5.56 Å². The average molecular weight is 296 g/mol. The summed E-state index contributed by atoms with van der Waals surface area (Å²) >= 11 is 5.75. The maximum absolute atomic E-state index is 11.4. The molecule has 1 heterocycles. The van der Waals surface area contributed by atoms with Crippen LogP contribution < -0.4 is 0 Å². The second-order valence-electron chi connectivity index (χ2n) is 4.06. The summed E-state index contributed by atoms with van der Waals surface area (Å²) in [5, 5.41) is 0.419. The monoisotopic (exact) mass is 295 g/mol. The first-order valence-electron chi connectivity index (χ1n) is 6.27. The van der Waals surface area contributed by atoms with Gasteiger partial charge in [0.1, 0.15) is 5.15 Å². The molecule has 1 atom stereocenters. The van der Waals surface area contributed by atoms with Gasteiger partial charge in [-0.2, -0.15) is 0 Å². The molecule has 20 heavy (non-hydrogen) atoms. The van der Waals surface area contributed by atoms with Crippen molar-refractivity contribution >= 4 is 17.6 Å². The topological polar surface area (TPSA) is 48.4 Å². The zero-order valence-electron chi connectivity index (χ0n) is 11.5. The van der Waals surface area contributed by atoms with E-state index in [1.807, 2.05) is 6.07 Å². The molecule has 0 spiro atoms. The van der Waals surface area contributed by atoms with E-state index in [1.54, 1.807) is 25.3 Å². The number of esters is 1. The number of rotatable bonds is 8. The van der Waals surface area contributed by atoms with Gasteiger partial charge in [0, 0.05) is 6.20 Å².